The molecule has 0 radical (unpaired) electrons. The van der Waals surface area contributed by atoms with E-state index >= 15 is 0 Å². The van der Waals surface area contributed by atoms with E-state index in [1.165, 1.54) is 4.97 Å². The van der Waals surface area contributed by atoms with Gasteiger partial charge in [0.05, 0.1) is 0 Å². The zero-order valence-electron chi connectivity index (χ0n) is 6.73. The topological polar surface area (TPSA) is 23.8 Å². The second-order valence-corrected chi connectivity index (χ2v) is 8.45. The van der Waals surface area contributed by atoms with Crippen molar-refractivity contribution < 1.29 is 30.7 Å². The molecule has 0 heterocycles. The van der Waals surface area contributed by atoms with Crippen molar-refractivity contribution in [3.05, 3.63) is 0 Å². The van der Waals surface area contributed by atoms with Crippen molar-refractivity contribution in [1.29, 1.82) is 5.26 Å². The summed E-state index contributed by atoms with van der Waals surface area (Å²) in [5, 5.41) is 8.04. The number of alkyl halides is 7. The van der Waals surface area contributed by atoms with Gasteiger partial charge in [-0.2, -0.15) is 0 Å². The average molecular weight is 370 g/mol. The second kappa shape index (κ2) is 5.95. The number of nitriles is 1. The van der Waals surface area contributed by atoms with Gasteiger partial charge in [-0.25, -0.2) is 0 Å². The normalized spacial score (nSPS) is 13.6. The Hall–Kier alpha value is 0.569. The third-order valence-electron chi connectivity index (χ3n) is 0.654. The van der Waals surface area contributed by atoms with Gasteiger partial charge in [0.2, 0.25) is 0 Å². The molecule has 16 heavy (non-hydrogen) atoms. The van der Waals surface area contributed by atoms with Crippen LogP contribution in [-0.2, 0) is 0 Å². The summed E-state index contributed by atoms with van der Waals surface area (Å²) in [6.07, 6.45) is 0. The predicted molar refractivity (Wildman–Crippen MR) is 50.1 cm³/mol. The molecule has 0 aliphatic rings. The van der Waals surface area contributed by atoms with Crippen LogP contribution in [-0.4, -0.2) is 28.5 Å². The first kappa shape index (κ1) is 16.6. The Balaban J connectivity index is 4.69. The fourth-order valence-corrected chi connectivity index (χ4v) is 5.87. The van der Waals surface area contributed by atoms with E-state index in [9.17, 15) is 30.7 Å². The van der Waals surface area contributed by atoms with E-state index in [0.29, 0.717) is 0 Å². The van der Waals surface area contributed by atoms with Crippen molar-refractivity contribution in [1.82, 2.24) is 0 Å². The summed E-state index contributed by atoms with van der Waals surface area (Å²) in [6.45, 7) is 0. The number of hydrogen-bond donors (Lipinski definition) is 0. The minimum atomic E-state index is -5.15. The SMILES string of the molecule is N#C[Se]SC(F)(SC(F)(F)F)SC(F)(F)F. The molecule has 94 valence electrons. The molecule has 0 spiro atoms. The van der Waals surface area contributed by atoms with Crippen molar-refractivity contribution in [3.8, 4) is 4.97 Å². The summed E-state index contributed by atoms with van der Waals surface area (Å²) in [4.78, 5) is 1.32. The van der Waals surface area contributed by atoms with Gasteiger partial charge in [0.1, 0.15) is 0 Å². The number of thioether (sulfide) groups is 2. The van der Waals surface area contributed by atoms with E-state index in [1.54, 1.807) is 0 Å². The predicted octanol–water partition coefficient (Wildman–Crippen LogP) is 3.91. The van der Waals surface area contributed by atoms with Crippen LogP contribution in [0.4, 0.5) is 30.7 Å². The van der Waals surface area contributed by atoms with Gasteiger partial charge in [-0.05, 0) is 0 Å². The summed E-state index contributed by atoms with van der Waals surface area (Å²) >= 11 is -4.21. The molecule has 0 aliphatic carbocycles. The molecule has 12 heteroatoms. The summed E-state index contributed by atoms with van der Waals surface area (Å²) in [7, 11) is -0.302. The van der Waals surface area contributed by atoms with Gasteiger partial charge in [-0.15, -0.1) is 0 Å². The van der Waals surface area contributed by atoms with Gasteiger partial charge in [0.25, 0.3) is 0 Å². The van der Waals surface area contributed by atoms with E-state index in [4.69, 9.17) is 5.26 Å². The molecule has 0 N–H and O–H groups in total. The molecular formula is C4F7NS3Se. The molecule has 0 aromatic heterocycles. The van der Waals surface area contributed by atoms with Crippen molar-refractivity contribution >= 4 is 47.5 Å². The zero-order chi connectivity index (χ0) is 13.0. The fourth-order valence-electron chi connectivity index (χ4n) is 0.400. The molecule has 0 atom stereocenters. The molecule has 0 saturated heterocycles. The van der Waals surface area contributed by atoms with E-state index in [2.05, 4.69) is 0 Å². The summed E-state index contributed by atoms with van der Waals surface area (Å²) in [5.74, 6) is 0. The molecule has 0 aliphatic heterocycles. The Morgan fingerprint density at radius 2 is 1.25 bits per heavy atom. The van der Waals surface area contributed by atoms with Gasteiger partial charge in [0, 0.05) is 0 Å². The van der Waals surface area contributed by atoms with Crippen LogP contribution in [0.3, 0.4) is 0 Å². The van der Waals surface area contributed by atoms with Crippen LogP contribution in [0.1, 0.15) is 0 Å². The van der Waals surface area contributed by atoms with Gasteiger partial charge in [-0.1, -0.05) is 0 Å². The third-order valence-corrected chi connectivity index (χ3v) is 7.33. The Morgan fingerprint density at radius 3 is 1.50 bits per heavy atom. The Labute approximate surface area is 103 Å². The molecule has 0 bridgehead atoms. The van der Waals surface area contributed by atoms with Crippen LogP contribution < -0.4 is 0 Å². The van der Waals surface area contributed by atoms with Gasteiger partial charge >= 0.3 is 103 Å². The maximum atomic E-state index is 13.3. The monoisotopic (exact) mass is 371 g/mol. The first-order valence-corrected chi connectivity index (χ1v) is 8.27. The van der Waals surface area contributed by atoms with Crippen LogP contribution >= 0.6 is 33.7 Å². The molecule has 1 nitrogen and oxygen atoms in total. The number of hydrogen-bond acceptors (Lipinski definition) is 4. The van der Waals surface area contributed by atoms with E-state index in [-0.39, 0.29) is 10.2 Å². The molecule has 0 fully saturated rings. The Bertz CT molecular complexity index is 254. The molecular weight excluding hydrogens is 370 g/mol. The minimum absolute atomic E-state index is 0.302. The van der Waals surface area contributed by atoms with E-state index in [0.717, 1.165) is 0 Å². The molecule has 0 saturated carbocycles. The first-order valence-electron chi connectivity index (χ1n) is 2.94. The molecule has 0 rings (SSSR count). The van der Waals surface area contributed by atoms with Crippen LogP contribution in [0, 0.1) is 10.2 Å². The van der Waals surface area contributed by atoms with Crippen molar-refractivity contribution in [2.75, 3.05) is 0 Å². The van der Waals surface area contributed by atoms with Crippen LogP contribution in [0.5, 0.6) is 0 Å². The van der Waals surface area contributed by atoms with Gasteiger partial charge in [0.15, 0.2) is 0 Å². The first-order chi connectivity index (χ1) is 6.97. The molecule has 0 unspecified atom stereocenters. The molecule has 0 aromatic rings. The summed E-state index contributed by atoms with van der Waals surface area (Å²) in [5.41, 5.74) is -10.3. The van der Waals surface area contributed by atoms with Crippen molar-refractivity contribution in [2.45, 2.75) is 14.7 Å². The number of nitrogens with zero attached hydrogens (tertiary/aromatic N) is 1. The van der Waals surface area contributed by atoms with Crippen molar-refractivity contribution in [2.24, 2.45) is 0 Å². The third kappa shape index (κ3) is 8.69. The quantitative estimate of drug-likeness (QED) is 0.426. The average Bonchev–Trinajstić information content (AvgIpc) is 1.93. The summed E-state index contributed by atoms with van der Waals surface area (Å²) < 4.78 is 80.4. The molecule has 0 aromatic carbocycles. The zero-order valence-corrected chi connectivity index (χ0v) is 10.9. The fraction of sp³-hybridized carbons (Fsp3) is 0.750. The van der Waals surface area contributed by atoms with Crippen LogP contribution in [0.25, 0.3) is 0 Å². The van der Waals surface area contributed by atoms with E-state index < -0.39 is 52.0 Å². The number of rotatable bonds is 4. The second-order valence-electron chi connectivity index (χ2n) is 1.84. The standard InChI is InChI=1S/C4F7NS3Se/c5-2(6,7)13-4(11,15-16-1-12)14-3(8,9)10. The Morgan fingerprint density at radius 1 is 0.875 bits per heavy atom. The number of halogens is 7. The van der Waals surface area contributed by atoms with Gasteiger partial charge in [-0.3, -0.25) is 0 Å². The Kier molecular flexibility index (Phi) is 6.16. The van der Waals surface area contributed by atoms with Crippen LogP contribution in [0.2, 0.25) is 0 Å². The van der Waals surface area contributed by atoms with Crippen LogP contribution in [0.15, 0.2) is 0 Å². The van der Waals surface area contributed by atoms with Crippen molar-refractivity contribution in [3.63, 3.8) is 0 Å². The van der Waals surface area contributed by atoms with Gasteiger partial charge < -0.3 is 0 Å². The van der Waals surface area contributed by atoms with E-state index in [1.807, 2.05) is 0 Å². The molecule has 0 amide bonds. The maximum absolute atomic E-state index is 13.3. The summed E-state index contributed by atoms with van der Waals surface area (Å²) in [6, 6.07) is 0.